The first-order valence-corrected chi connectivity index (χ1v) is 6.63. The Morgan fingerprint density at radius 1 is 1.05 bits per heavy atom. The summed E-state index contributed by atoms with van der Waals surface area (Å²) in [5.74, 6) is -0.0361. The van der Waals surface area contributed by atoms with E-state index in [0.717, 1.165) is 11.3 Å². The normalized spacial score (nSPS) is 10.2. The van der Waals surface area contributed by atoms with Crippen LogP contribution in [0.3, 0.4) is 0 Å². The largest absolute Gasteiger partial charge is 0.366 e. The molecule has 0 atom stereocenters. The number of amides is 1. The van der Waals surface area contributed by atoms with E-state index in [0.29, 0.717) is 17.2 Å². The monoisotopic (exact) mass is 291 g/mol. The summed E-state index contributed by atoms with van der Waals surface area (Å²) in [6.45, 7) is 0. The highest BCUT2D eigenvalue weighted by atomic mass is 16.1. The molecule has 0 radical (unpaired) electrons. The molecule has 0 aliphatic carbocycles. The van der Waals surface area contributed by atoms with Gasteiger partial charge in [0.05, 0.1) is 5.69 Å². The maximum atomic E-state index is 11.2. The molecule has 2 aromatic heterocycles. The Hall–Kier alpha value is -3.28. The van der Waals surface area contributed by atoms with Gasteiger partial charge in [0.1, 0.15) is 0 Å². The minimum atomic E-state index is -0.477. The molecule has 0 aliphatic rings. The molecule has 3 rings (SSSR count). The van der Waals surface area contributed by atoms with Gasteiger partial charge in [-0.3, -0.25) is 9.78 Å². The van der Waals surface area contributed by atoms with E-state index in [4.69, 9.17) is 5.73 Å². The molecule has 1 amide bonds. The van der Waals surface area contributed by atoms with E-state index in [1.807, 2.05) is 24.3 Å². The number of nitrogens with one attached hydrogen (secondary N) is 1. The number of primary amides is 1. The van der Waals surface area contributed by atoms with Gasteiger partial charge >= 0.3 is 0 Å². The highest BCUT2D eigenvalue weighted by molar-refractivity contribution is 5.93. The van der Waals surface area contributed by atoms with E-state index in [9.17, 15) is 4.79 Å². The van der Waals surface area contributed by atoms with E-state index < -0.39 is 5.91 Å². The van der Waals surface area contributed by atoms with Crippen molar-refractivity contribution in [1.29, 1.82) is 0 Å². The second kappa shape index (κ2) is 6.01. The molecule has 0 spiro atoms. The number of nitrogens with two attached hydrogens (primary N) is 1. The standard InChI is InChI=1S/C16H13N5O/c17-15(22)12-2-1-3-13(10-12)20-16-19-9-6-14(21-16)11-4-7-18-8-5-11/h1-10H,(H2,17,22)(H,19,20,21). The highest BCUT2D eigenvalue weighted by Crippen LogP contribution is 2.19. The molecule has 3 N–H and O–H groups in total. The zero-order valence-electron chi connectivity index (χ0n) is 11.6. The SMILES string of the molecule is NC(=O)c1cccc(Nc2nccc(-c3ccncc3)n2)c1. The van der Waals surface area contributed by atoms with E-state index in [-0.39, 0.29) is 0 Å². The Balaban J connectivity index is 1.87. The van der Waals surface area contributed by atoms with Crippen molar-refractivity contribution < 1.29 is 4.79 Å². The molecule has 6 heteroatoms. The van der Waals surface area contributed by atoms with Crippen LogP contribution >= 0.6 is 0 Å². The molecule has 0 fully saturated rings. The molecule has 22 heavy (non-hydrogen) atoms. The third kappa shape index (κ3) is 3.06. The molecule has 0 saturated heterocycles. The van der Waals surface area contributed by atoms with Crippen molar-refractivity contribution in [2.24, 2.45) is 5.73 Å². The highest BCUT2D eigenvalue weighted by Gasteiger charge is 2.05. The Morgan fingerprint density at radius 2 is 1.86 bits per heavy atom. The smallest absolute Gasteiger partial charge is 0.248 e. The average molecular weight is 291 g/mol. The maximum absolute atomic E-state index is 11.2. The van der Waals surface area contributed by atoms with Crippen molar-refractivity contribution in [3.05, 3.63) is 66.6 Å². The quantitative estimate of drug-likeness (QED) is 0.769. The molecular weight excluding hydrogens is 278 g/mol. The predicted octanol–water partition coefficient (Wildman–Crippen LogP) is 2.38. The van der Waals surface area contributed by atoms with Gasteiger partial charge in [-0.25, -0.2) is 9.97 Å². The van der Waals surface area contributed by atoms with Crippen LogP contribution in [0.25, 0.3) is 11.3 Å². The zero-order chi connectivity index (χ0) is 15.4. The van der Waals surface area contributed by atoms with Crippen LogP contribution in [0.15, 0.2) is 61.1 Å². The van der Waals surface area contributed by atoms with E-state index >= 15 is 0 Å². The lowest BCUT2D eigenvalue weighted by atomic mass is 10.2. The minimum Gasteiger partial charge on any atom is -0.366 e. The molecule has 0 saturated carbocycles. The summed E-state index contributed by atoms with van der Waals surface area (Å²) in [4.78, 5) is 23.8. The average Bonchev–Trinajstić information content (AvgIpc) is 2.56. The number of anilines is 2. The summed E-state index contributed by atoms with van der Waals surface area (Å²) >= 11 is 0. The fraction of sp³-hybridized carbons (Fsp3) is 0. The van der Waals surface area contributed by atoms with Crippen molar-refractivity contribution in [3.8, 4) is 11.3 Å². The molecular formula is C16H13N5O. The first kappa shape index (κ1) is 13.7. The van der Waals surface area contributed by atoms with Crippen molar-refractivity contribution in [3.63, 3.8) is 0 Å². The number of aromatic nitrogens is 3. The lowest BCUT2D eigenvalue weighted by Gasteiger charge is -2.07. The van der Waals surface area contributed by atoms with Gasteiger partial charge in [0.15, 0.2) is 0 Å². The van der Waals surface area contributed by atoms with Crippen molar-refractivity contribution in [2.45, 2.75) is 0 Å². The molecule has 3 aromatic rings. The van der Waals surface area contributed by atoms with Crippen LogP contribution in [0.5, 0.6) is 0 Å². The number of nitrogens with zero attached hydrogens (tertiary/aromatic N) is 3. The molecule has 1 aromatic carbocycles. The molecule has 6 nitrogen and oxygen atoms in total. The molecule has 0 bridgehead atoms. The number of benzene rings is 1. The summed E-state index contributed by atoms with van der Waals surface area (Å²) in [6, 6.07) is 12.4. The minimum absolute atomic E-state index is 0.426. The number of rotatable bonds is 4. The first-order valence-electron chi connectivity index (χ1n) is 6.63. The van der Waals surface area contributed by atoms with Gasteiger partial charge in [-0.15, -0.1) is 0 Å². The molecule has 108 valence electrons. The topological polar surface area (TPSA) is 93.8 Å². The summed E-state index contributed by atoms with van der Waals surface area (Å²) in [6.07, 6.45) is 5.09. The van der Waals surface area contributed by atoms with Crippen LogP contribution in [-0.4, -0.2) is 20.9 Å². The maximum Gasteiger partial charge on any atom is 0.248 e. The van der Waals surface area contributed by atoms with Crippen molar-refractivity contribution >= 4 is 17.5 Å². The van der Waals surface area contributed by atoms with Gasteiger partial charge in [-0.05, 0) is 36.4 Å². The van der Waals surface area contributed by atoms with Gasteiger partial charge in [-0.1, -0.05) is 6.07 Å². The number of hydrogen-bond acceptors (Lipinski definition) is 5. The van der Waals surface area contributed by atoms with Crippen LogP contribution in [0.2, 0.25) is 0 Å². The lowest BCUT2D eigenvalue weighted by Crippen LogP contribution is -2.11. The van der Waals surface area contributed by atoms with E-state index in [1.54, 1.807) is 36.8 Å². The molecule has 0 unspecified atom stereocenters. The van der Waals surface area contributed by atoms with Gasteiger partial charge in [-0.2, -0.15) is 0 Å². The fourth-order valence-corrected chi connectivity index (χ4v) is 1.98. The Labute approximate surface area is 127 Å². The van der Waals surface area contributed by atoms with Crippen LogP contribution < -0.4 is 11.1 Å². The third-order valence-corrected chi connectivity index (χ3v) is 3.03. The number of hydrogen-bond donors (Lipinski definition) is 2. The zero-order valence-corrected chi connectivity index (χ0v) is 11.6. The van der Waals surface area contributed by atoms with Crippen molar-refractivity contribution in [2.75, 3.05) is 5.32 Å². The van der Waals surface area contributed by atoms with Crippen LogP contribution in [0.4, 0.5) is 11.6 Å². The summed E-state index contributed by atoms with van der Waals surface area (Å²) in [5.41, 5.74) is 8.13. The number of carbonyl (C=O) groups excluding carboxylic acids is 1. The number of pyridine rings is 1. The Bertz CT molecular complexity index is 804. The van der Waals surface area contributed by atoms with Gasteiger partial charge < -0.3 is 11.1 Å². The van der Waals surface area contributed by atoms with Gasteiger partial charge in [0.25, 0.3) is 0 Å². The third-order valence-electron chi connectivity index (χ3n) is 3.03. The fourth-order valence-electron chi connectivity index (χ4n) is 1.98. The lowest BCUT2D eigenvalue weighted by molar-refractivity contribution is 0.100. The summed E-state index contributed by atoms with van der Waals surface area (Å²) < 4.78 is 0. The second-order valence-electron chi connectivity index (χ2n) is 4.57. The first-order chi connectivity index (χ1) is 10.7. The van der Waals surface area contributed by atoms with Gasteiger partial charge in [0, 0.05) is 35.4 Å². The van der Waals surface area contributed by atoms with Crippen LogP contribution in [0.1, 0.15) is 10.4 Å². The Morgan fingerprint density at radius 3 is 2.64 bits per heavy atom. The van der Waals surface area contributed by atoms with Crippen molar-refractivity contribution in [1.82, 2.24) is 15.0 Å². The van der Waals surface area contributed by atoms with Crippen LogP contribution in [-0.2, 0) is 0 Å². The van der Waals surface area contributed by atoms with E-state index in [1.165, 1.54) is 0 Å². The molecule has 0 aliphatic heterocycles. The second-order valence-corrected chi connectivity index (χ2v) is 4.57. The predicted molar refractivity (Wildman–Crippen MR) is 83.5 cm³/mol. The van der Waals surface area contributed by atoms with Gasteiger partial charge in [0.2, 0.25) is 11.9 Å². The molecule has 2 heterocycles. The summed E-state index contributed by atoms with van der Waals surface area (Å²) in [7, 11) is 0. The van der Waals surface area contributed by atoms with Crippen LogP contribution in [0, 0.1) is 0 Å². The summed E-state index contributed by atoms with van der Waals surface area (Å²) in [5, 5.41) is 3.06. The Kier molecular flexibility index (Phi) is 3.74. The van der Waals surface area contributed by atoms with E-state index in [2.05, 4.69) is 20.3 Å². The number of carbonyl (C=O) groups is 1.